The zero-order chi connectivity index (χ0) is 15.9. The highest BCUT2D eigenvalue weighted by Crippen LogP contribution is 2.11. The Kier molecular flexibility index (Phi) is 11.0. The molecule has 2 saturated heterocycles. The fourth-order valence-corrected chi connectivity index (χ4v) is 3.98. The number of hydrogen-bond donors (Lipinski definition) is 1. The average Bonchev–Trinajstić information content (AvgIpc) is 3.13. The van der Waals surface area contributed by atoms with E-state index < -0.39 is 0 Å². The van der Waals surface area contributed by atoms with Crippen molar-refractivity contribution in [1.29, 1.82) is 0 Å². The van der Waals surface area contributed by atoms with Gasteiger partial charge in [-0.1, -0.05) is 6.07 Å². The van der Waals surface area contributed by atoms with Crippen molar-refractivity contribution < 1.29 is 4.79 Å². The molecule has 0 saturated carbocycles. The maximum atomic E-state index is 12.2. The molecule has 0 bridgehead atoms. The molecule has 3 heterocycles. The summed E-state index contributed by atoms with van der Waals surface area (Å²) in [6, 6.07) is 4.36. The average molecular weight is 409 g/mol. The van der Waals surface area contributed by atoms with Crippen molar-refractivity contribution in [2.45, 2.75) is 12.8 Å². The highest BCUT2D eigenvalue weighted by Gasteiger charge is 2.20. The molecule has 1 aromatic rings. The molecule has 2 aliphatic heterocycles. The molecule has 0 atom stereocenters. The number of carbonyl (C=O) groups excluding carboxylic acids is 1. The van der Waals surface area contributed by atoms with Crippen molar-refractivity contribution in [3.63, 3.8) is 0 Å². The lowest BCUT2D eigenvalue weighted by atomic mass is 10.2. The lowest BCUT2D eigenvalue weighted by Gasteiger charge is -2.35. The predicted octanol–water partition coefficient (Wildman–Crippen LogP) is 1.57. The van der Waals surface area contributed by atoms with E-state index in [0.717, 1.165) is 65.4 Å². The van der Waals surface area contributed by atoms with Gasteiger partial charge in [-0.05, 0) is 17.9 Å². The Morgan fingerprint density at radius 3 is 2.24 bits per heavy atom. The second kappa shape index (κ2) is 12.1. The summed E-state index contributed by atoms with van der Waals surface area (Å²) in [4.78, 5) is 20.7. The molecule has 2 aliphatic rings. The molecule has 25 heavy (non-hydrogen) atoms. The van der Waals surface area contributed by atoms with E-state index in [1.54, 1.807) is 0 Å². The summed E-state index contributed by atoms with van der Waals surface area (Å²) in [5.41, 5.74) is 0. The molecule has 1 amide bonds. The SMILES string of the molecule is Cl.Cl.O=C(CCN1CCN(CCc2cccs2)CC1)N1CCNCC1. The largest absolute Gasteiger partial charge is 0.340 e. The fraction of sp³-hybridized carbons (Fsp3) is 0.706. The molecule has 0 aliphatic carbocycles. The van der Waals surface area contributed by atoms with Gasteiger partial charge in [-0.25, -0.2) is 0 Å². The summed E-state index contributed by atoms with van der Waals surface area (Å²) in [7, 11) is 0. The molecule has 0 spiro atoms. The van der Waals surface area contributed by atoms with Gasteiger partial charge in [0, 0.05) is 76.7 Å². The van der Waals surface area contributed by atoms with E-state index in [-0.39, 0.29) is 24.8 Å². The third-order valence-electron chi connectivity index (χ3n) is 4.83. The van der Waals surface area contributed by atoms with Gasteiger partial charge in [0.05, 0.1) is 0 Å². The molecule has 144 valence electrons. The summed E-state index contributed by atoms with van der Waals surface area (Å²) < 4.78 is 0. The summed E-state index contributed by atoms with van der Waals surface area (Å²) >= 11 is 1.85. The van der Waals surface area contributed by atoms with E-state index in [1.807, 2.05) is 16.2 Å². The number of halogens is 2. The first-order chi connectivity index (χ1) is 11.3. The van der Waals surface area contributed by atoms with Gasteiger partial charge in [0.15, 0.2) is 0 Å². The molecular formula is C17H30Cl2N4OS. The lowest BCUT2D eigenvalue weighted by Crippen LogP contribution is -2.49. The number of hydrogen-bond acceptors (Lipinski definition) is 5. The van der Waals surface area contributed by atoms with Crippen LogP contribution in [-0.4, -0.2) is 86.1 Å². The summed E-state index contributed by atoms with van der Waals surface area (Å²) in [6.07, 6.45) is 1.84. The Balaban J connectivity index is 0.00000156. The molecule has 3 rings (SSSR count). The molecule has 1 N–H and O–H groups in total. The molecule has 0 unspecified atom stereocenters. The van der Waals surface area contributed by atoms with Crippen LogP contribution in [0.5, 0.6) is 0 Å². The monoisotopic (exact) mass is 408 g/mol. The molecule has 2 fully saturated rings. The smallest absolute Gasteiger partial charge is 0.223 e. The Labute approximate surface area is 167 Å². The van der Waals surface area contributed by atoms with Gasteiger partial charge in [0.25, 0.3) is 0 Å². The zero-order valence-corrected chi connectivity index (χ0v) is 17.1. The van der Waals surface area contributed by atoms with Crippen LogP contribution in [0.2, 0.25) is 0 Å². The number of nitrogens with zero attached hydrogens (tertiary/aromatic N) is 3. The molecule has 5 nitrogen and oxygen atoms in total. The van der Waals surface area contributed by atoms with E-state index in [1.165, 1.54) is 11.3 Å². The normalized spacial score (nSPS) is 19.1. The highest BCUT2D eigenvalue weighted by molar-refractivity contribution is 7.09. The van der Waals surface area contributed by atoms with Gasteiger partial charge < -0.3 is 20.0 Å². The molecule has 0 radical (unpaired) electrons. The van der Waals surface area contributed by atoms with Gasteiger partial charge in [0.1, 0.15) is 0 Å². The number of nitrogens with one attached hydrogen (secondary N) is 1. The Morgan fingerprint density at radius 2 is 1.64 bits per heavy atom. The minimum absolute atomic E-state index is 0. The predicted molar refractivity (Wildman–Crippen MR) is 109 cm³/mol. The van der Waals surface area contributed by atoms with Gasteiger partial charge in [-0.15, -0.1) is 36.2 Å². The Hall–Kier alpha value is -0.370. The van der Waals surface area contributed by atoms with Crippen LogP contribution in [0.4, 0.5) is 0 Å². The second-order valence-electron chi connectivity index (χ2n) is 6.39. The van der Waals surface area contributed by atoms with E-state index >= 15 is 0 Å². The number of amides is 1. The number of carbonyl (C=O) groups is 1. The quantitative estimate of drug-likeness (QED) is 0.775. The van der Waals surface area contributed by atoms with Crippen molar-refractivity contribution in [2.75, 3.05) is 65.4 Å². The van der Waals surface area contributed by atoms with E-state index in [9.17, 15) is 4.79 Å². The van der Waals surface area contributed by atoms with E-state index in [0.29, 0.717) is 12.3 Å². The van der Waals surface area contributed by atoms with Crippen LogP contribution in [0.1, 0.15) is 11.3 Å². The third-order valence-corrected chi connectivity index (χ3v) is 5.77. The lowest BCUT2D eigenvalue weighted by molar-refractivity contribution is -0.132. The van der Waals surface area contributed by atoms with Crippen LogP contribution in [0.25, 0.3) is 0 Å². The van der Waals surface area contributed by atoms with Gasteiger partial charge in [-0.3, -0.25) is 4.79 Å². The number of piperazine rings is 2. The van der Waals surface area contributed by atoms with Crippen LogP contribution >= 0.6 is 36.2 Å². The standard InChI is InChI=1S/C17H28N4OS.2ClH/c22-17(21-9-5-18-6-10-21)4-8-20-13-11-19(12-14-20)7-3-16-2-1-15-23-16;;/h1-2,15,18H,3-14H2;2*1H. The summed E-state index contributed by atoms with van der Waals surface area (Å²) in [5.74, 6) is 0.326. The first kappa shape index (κ1) is 22.7. The van der Waals surface area contributed by atoms with Crippen LogP contribution in [0.15, 0.2) is 17.5 Å². The van der Waals surface area contributed by atoms with Crippen LogP contribution in [0, 0.1) is 0 Å². The van der Waals surface area contributed by atoms with Crippen molar-refractivity contribution in [3.8, 4) is 0 Å². The summed E-state index contributed by atoms with van der Waals surface area (Å²) in [5, 5.41) is 5.45. The van der Waals surface area contributed by atoms with Gasteiger partial charge >= 0.3 is 0 Å². The van der Waals surface area contributed by atoms with Gasteiger partial charge in [-0.2, -0.15) is 0 Å². The minimum atomic E-state index is 0. The summed E-state index contributed by atoms with van der Waals surface area (Å²) in [6.45, 7) is 10.2. The highest BCUT2D eigenvalue weighted by atomic mass is 35.5. The molecular weight excluding hydrogens is 379 g/mol. The molecule has 0 aromatic carbocycles. The first-order valence-corrected chi connectivity index (χ1v) is 9.65. The van der Waals surface area contributed by atoms with Crippen molar-refractivity contribution >= 4 is 42.1 Å². The van der Waals surface area contributed by atoms with E-state index in [2.05, 4.69) is 32.6 Å². The Morgan fingerprint density at radius 1 is 1.00 bits per heavy atom. The second-order valence-corrected chi connectivity index (χ2v) is 7.43. The van der Waals surface area contributed by atoms with E-state index in [4.69, 9.17) is 0 Å². The Bertz CT molecular complexity index is 475. The maximum Gasteiger partial charge on any atom is 0.223 e. The maximum absolute atomic E-state index is 12.2. The van der Waals surface area contributed by atoms with Crippen LogP contribution in [-0.2, 0) is 11.2 Å². The third kappa shape index (κ3) is 7.41. The zero-order valence-electron chi connectivity index (χ0n) is 14.7. The molecule has 1 aromatic heterocycles. The van der Waals surface area contributed by atoms with Crippen molar-refractivity contribution in [3.05, 3.63) is 22.4 Å². The first-order valence-electron chi connectivity index (χ1n) is 8.77. The topological polar surface area (TPSA) is 38.8 Å². The molecule has 8 heteroatoms. The number of thiophene rings is 1. The van der Waals surface area contributed by atoms with Crippen LogP contribution < -0.4 is 5.32 Å². The van der Waals surface area contributed by atoms with Crippen molar-refractivity contribution in [1.82, 2.24) is 20.0 Å². The minimum Gasteiger partial charge on any atom is -0.340 e. The van der Waals surface area contributed by atoms with Crippen molar-refractivity contribution in [2.24, 2.45) is 0 Å². The van der Waals surface area contributed by atoms with Gasteiger partial charge in [0.2, 0.25) is 5.91 Å². The van der Waals surface area contributed by atoms with Crippen LogP contribution in [0.3, 0.4) is 0 Å². The fourth-order valence-electron chi connectivity index (χ4n) is 3.29. The number of rotatable bonds is 6.